The van der Waals surface area contributed by atoms with Crippen molar-refractivity contribution in [2.24, 2.45) is 5.73 Å². The molecule has 1 aromatic rings. The van der Waals surface area contributed by atoms with Crippen LogP contribution in [0.15, 0.2) is 40.5 Å². The van der Waals surface area contributed by atoms with E-state index in [-0.39, 0.29) is 0 Å². The molecule has 1 heterocycles. The molecule has 2 heteroatoms. The van der Waals surface area contributed by atoms with Gasteiger partial charge in [-0.2, -0.15) is 0 Å². The molecule has 1 aromatic heterocycles. The smallest absolute Gasteiger partial charge is 0.110 e. The first kappa shape index (κ1) is 10.2. The Hall–Kier alpha value is -1.88. The third-order valence-electron chi connectivity index (χ3n) is 1.68. The van der Waals surface area contributed by atoms with Crippen LogP contribution in [-0.4, -0.2) is 0 Å². The van der Waals surface area contributed by atoms with Gasteiger partial charge in [0.15, 0.2) is 0 Å². The molecule has 0 atom stereocenters. The lowest BCUT2D eigenvalue weighted by atomic mass is 10.2. The van der Waals surface area contributed by atoms with Crippen molar-refractivity contribution in [1.29, 1.82) is 0 Å². The predicted octanol–water partition coefficient (Wildman–Crippen LogP) is 2.16. The number of rotatable bonds is 3. The second-order valence-corrected chi connectivity index (χ2v) is 2.96. The third-order valence-corrected chi connectivity index (χ3v) is 1.68. The molecule has 0 unspecified atom stereocenters. The van der Waals surface area contributed by atoms with Crippen molar-refractivity contribution in [2.75, 3.05) is 0 Å². The zero-order valence-corrected chi connectivity index (χ0v) is 8.16. The van der Waals surface area contributed by atoms with Crippen LogP contribution in [0.3, 0.4) is 0 Å². The molecule has 0 radical (unpaired) electrons. The van der Waals surface area contributed by atoms with Crippen molar-refractivity contribution in [2.45, 2.75) is 13.3 Å². The molecular weight excluding hydrogens is 174 g/mol. The van der Waals surface area contributed by atoms with E-state index >= 15 is 0 Å². The van der Waals surface area contributed by atoms with Gasteiger partial charge < -0.3 is 10.2 Å². The highest BCUT2D eigenvalue weighted by Gasteiger charge is 1.98. The van der Waals surface area contributed by atoms with Crippen LogP contribution in [0.2, 0.25) is 0 Å². The first-order valence-electron chi connectivity index (χ1n) is 4.35. The lowest BCUT2D eigenvalue weighted by Gasteiger charge is -1.95. The Morgan fingerprint density at radius 2 is 2.43 bits per heavy atom. The van der Waals surface area contributed by atoms with Crippen molar-refractivity contribution in [3.63, 3.8) is 0 Å². The Morgan fingerprint density at radius 3 is 3.00 bits per heavy atom. The fourth-order valence-corrected chi connectivity index (χ4v) is 1.07. The predicted molar refractivity (Wildman–Crippen MR) is 57.4 cm³/mol. The minimum Gasteiger partial charge on any atom is -0.466 e. The van der Waals surface area contributed by atoms with E-state index < -0.39 is 0 Å². The summed E-state index contributed by atoms with van der Waals surface area (Å²) in [5, 5.41) is 0. The highest BCUT2D eigenvalue weighted by molar-refractivity contribution is 5.21. The van der Waals surface area contributed by atoms with Gasteiger partial charge in [0.2, 0.25) is 0 Å². The summed E-state index contributed by atoms with van der Waals surface area (Å²) in [7, 11) is 0. The first-order valence-corrected chi connectivity index (χ1v) is 4.35. The number of terminal acetylenes is 1. The van der Waals surface area contributed by atoms with Gasteiger partial charge in [-0.15, -0.1) is 6.42 Å². The van der Waals surface area contributed by atoms with Crippen LogP contribution in [0.4, 0.5) is 0 Å². The molecular formula is C12H13NO. The SMILES string of the molecule is C#C/C=C\C=C(\N)Cc1ccc(C)o1. The summed E-state index contributed by atoms with van der Waals surface area (Å²) in [5.74, 6) is 4.15. The molecule has 0 amide bonds. The van der Waals surface area contributed by atoms with Gasteiger partial charge in [0.05, 0.1) is 0 Å². The fraction of sp³-hybridized carbons (Fsp3) is 0.167. The molecule has 1 rings (SSSR count). The van der Waals surface area contributed by atoms with Crippen LogP contribution in [0.1, 0.15) is 11.5 Å². The van der Waals surface area contributed by atoms with Crippen LogP contribution >= 0.6 is 0 Å². The monoisotopic (exact) mass is 187 g/mol. The zero-order valence-electron chi connectivity index (χ0n) is 8.16. The van der Waals surface area contributed by atoms with Crippen molar-refractivity contribution in [1.82, 2.24) is 0 Å². The average Bonchev–Trinajstić information content (AvgIpc) is 2.52. The lowest BCUT2D eigenvalue weighted by molar-refractivity contribution is 0.491. The molecule has 2 nitrogen and oxygen atoms in total. The molecule has 0 aliphatic heterocycles. The summed E-state index contributed by atoms with van der Waals surface area (Å²) < 4.78 is 5.38. The van der Waals surface area contributed by atoms with Gasteiger partial charge in [-0.1, -0.05) is 12.0 Å². The Morgan fingerprint density at radius 1 is 1.64 bits per heavy atom. The second-order valence-electron chi connectivity index (χ2n) is 2.96. The van der Waals surface area contributed by atoms with E-state index in [1.54, 1.807) is 18.2 Å². The van der Waals surface area contributed by atoms with E-state index in [1.807, 2.05) is 19.1 Å². The molecule has 14 heavy (non-hydrogen) atoms. The van der Waals surface area contributed by atoms with Gasteiger partial charge in [-0.3, -0.25) is 0 Å². The van der Waals surface area contributed by atoms with Crippen LogP contribution in [0.25, 0.3) is 0 Å². The van der Waals surface area contributed by atoms with Crippen molar-refractivity contribution < 1.29 is 4.42 Å². The number of aryl methyl sites for hydroxylation is 1. The van der Waals surface area contributed by atoms with Gasteiger partial charge in [-0.05, 0) is 31.2 Å². The third kappa shape index (κ3) is 3.24. The lowest BCUT2D eigenvalue weighted by Crippen LogP contribution is -1.99. The minimum absolute atomic E-state index is 0.614. The van der Waals surface area contributed by atoms with Gasteiger partial charge >= 0.3 is 0 Å². The number of furan rings is 1. The van der Waals surface area contributed by atoms with Gasteiger partial charge in [-0.25, -0.2) is 0 Å². The van der Waals surface area contributed by atoms with E-state index in [0.717, 1.165) is 17.2 Å². The highest BCUT2D eigenvalue weighted by atomic mass is 16.3. The summed E-state index contributed by atoms with van der Waals surface area (Å²) in [4.78, 5) is 0. The Labute approximate surface area is 84.1 Å². The molecule has 0 aliphatic carbocycles. The van der Waals surface area contributed by atoms with Gasteiger partial charge in [0.1, 0.15) is 11.5 Å². The molecule has 2 N–H and O–H groups in total. The van der Waals surface area contributed by atoms with Crippen molar-refractivity contribution in [3.8, 4) is 12.3 Å². The summed E-state index contributed by atoms with van der Waals surface area (Å²) >= 11 is 0. The molecule has 0 saturated carbocycles. The molecule has 0 saturated heterocycles. The standard InChI is InChI=1S/C12H13NO/c1-3-4-5-6-11(13)9-12-8-7-10(2)14-12/h1,4-8H,9,13H2,2H3/b5-4-,11-6+. The van der Waals surface area contributed by atoms with E-state index in [4.69, 9.17) is 16.6 Å². The van der Waals surface area contributed by atoms with Gasteiger partial charge in [0.25, 0.3) is 0 Å². The number of allylic oxidation sites excluding steroid dienone is 4. The minimum atomic E-state index is 0.614. The molecule has 0 aliphatic rings. The Kier molecular flexibility index (Phi) is 3.63. The van der Waals surface area contributed by atoms with Crippen LogP contribution in [0, 0.1) is 19.3 Å². The van der Waals surface area contributed by atoms with Crippen LogP contribution < -0.4 is 5.73 Å². The van der Waals surface area contributed by atoms with E-state index in [1.165, 1.54) is 0 Å². The Bertz CT molecular complexity index is 391. The quantitative estimate of drug-likeness (QED) is 0.581. The molecule has 0 aromatic carbocycles. The van der Waals surface area contributed by atoms with Gasteiger partial charge in [0, 0.05) is 12.1 Å². The van der Waals surface area contributed by atoms with E-state index in [2.05, 4.69) is 5.92 Å². The topological polar surface area (TPSA) is 39.2 Å². The highest BCUT2D eigenvalue weighted by Crippen LogP contribution is 2.09. The molecule has 0 bridgehead atoms. The fourth-order valence-electron chi connectivity index (χ4n) is 1.07. The maximum absolute atomic E-state index is 5.74. The summed E-state index contributed by atoms with van der Waals surface area (Å²) in [6.07, 6.45) is 10.8. The summed E-state index contributed by atoms with van der Waals surface area (Å²) in [6, 6.07) is 3.83. The molecule has 72 valence electrons. The Balaban J connectivity index is 2.57. The maximum Gasteiger partial charge on any atom is 0.110 e. The first-order chi connectivity index (χ1) is 6.72. The number of hydrogen-bond donors (Lipinski definition) is 1. The number of nitrogens with two attached hydrogens (primary N) is 1. The maximum atomic E-state index is 5.74. The second kappa shape index (κ2) is 4.98. The van der Waals surface area contributed by atoms with E-state index in [0.29, 0.717) is 6.42 Å². The normalized spacial score (nSPS) is 11.9. The largest absolute Gasteiger partial charge is 0.466 e. The van der Waals surface area contributed by atoms with E-state index in [9.17, 15) is 0 Å². The zero-order chi connectivity index (χ0) is 10.4. The molecule has 0 fully saturated rings. The van der Waals surface area contributed by atoms with Crippen LogP contribution in [-0.2, 0) is 6.42 Å². The van der Waals surface area contributed by atoms with Crippen molar-refractivity contribution in [3.05, 3.63) is 47.6 Å². The molecule has 0 spiro atoms. The van der Waals surface area contributed by atoms with Crippen LogP contribution in [0.5, 0.6) is 0 Å². The van der Waals surface area contributed by atoms with Crippen molar-refractivity contribution >= 4 is 0 Å². The summed E-state index contributed by atoms with van der Waals surface area (Å²) in [6.45, 7) is 1.90. The summed E-state index contributed by atoms with van der Waals surface area (Å²) in [5.41, 5.74) is 6.46. The number of hydrogen-bond acceptors (Lipinski definition) is 2. The average molecular weight is 187 g/mol.